The highest BCUT2D eigenvalue weighted by Gasteiger charge is 2.23. The summed E-state index contributed by atoms with van der Waals surface area (Å²) in [5.41, 5.74) is 5.22. The van der Waals surface area contributed by atoms with Gasteiger partial charge in [0.15, 0.2) is 18.2 Å². The molecule has 1 N–H and O–H groups in total. The van der Waals surface area contributed by atoms with E-state index in [1.165, 1.54) is 23.6 Å². The Morgan fingerprint density at radius 1 is 1.03 bits per heavy atom. The molecule has 3 aromatic rings. The Morgan fingerprint density at radius 3 is 2.53 bits per heavy atom. The van der Waals surface area contributed by atoms with Gasteiger partial charge in [0.1, 0.15) is 0 Å². The minimum absolute atomic E-state index is 0.286. The van der Waals surface area contributed by atoms with Crippen molar-refractivity contribution in [3.63, 3.8) is 0 Å². The fraction of sp³-hybridized carbons (Fsp3) is 0.250. The maximum absolute atomic E-state index is 10.9. The Hall–Kier alpha value is -3.38. The SMILES string of the molecule is CC(C=O)(C=O)OCCc1ccc(Nc2ncc3c(n2)-c2ccccc2CC3)cc1. The average molecular weight is 401 g/mol. The highest BCUT2D eigenvalue weighted by Crippen LogP contribution is 2.32. The second kappa shape index (κ2) is 8.55. The number of nitrogens with zero attached hydrogens (tertiary/aromatic N) is 2. The lowest BCUT2D eigenvalue weighted by molar-refractivity contribution is -0.139. The van der Waals surface area contributed by atoms with E-state index in [1.54, 1.807) is 0 Å². The Balaban J connectivity index is 1.42. The van der Waals surface area contributed by atoms with Crippen molar-refractivity contribution in [2.24, 2.45) is 0 Å². The zero-order valence-electron chi connectivity index (χ0n) is 16.8. The molecule has 4 rings (SSSR count). The second-order valence-electron chi connectivity index (χ2n) is 7.56. The zero-order chi connectivity index (χ0) is 21.0. The summed E-state index contributed by atoms with van der Waals surface area (Å²) in [4.78, 5) is 31.0. The van der Waals surface area contributed by atoms with Gasteiger partial charge < -0.3 is 10.1 Å². The Morgan fingerprint density at radius 2 is 1.77 bits per heavy atom. The minimum Gasteiger partial charge on any atom is -0.360 e. The summed E-state index contributed by atoms with van der Waals surface area (Å²) in [6.45, 7) is 1.74. The van der Waals surface area contributed by atoms with Crippen molar-refractivity contribution in [3.8, 4) is 11.3 Å². The molecule has 0 bridgehead atoms. The topological polar surface area (TPSA) is 81.2 Å². The van der Waals surface area contributed by atoms with E-state index >= 15 is 0 Å². The van der Waals surface area contributed by atoms with Crippen LogP contribution in [-0.4, -0.2) is 34.7 Å². The quantitative estimate of drug-likeness (QED) is 0.458. The number of hydrogen-bond acceptors (Lipinski definition) is 6. The van der Waals surface area contributed by atoms with Gasteiger partial charge in [0, 0.05) is 17.4 Å². The third-order valence-corrected chi connectivity index (χ3v) is 5.28. The predicted molar refractivity (Wildman–Crippen MR) is 115 cm³/mol. The molecule has 6 heteroatoms. The molecular weight excluding hydrogens is 378 g/mol. The van der Waals surface area contributed by atoms with Crippen LogP contribution in [0, 0.1) is 0 Å². The predicted octanol–water partition coefficient (Wildman–Crippen LogP) is 3.70. The first-order chi connectivity index (χ1) is 14.6. The number of aryl methyl sites for hydroxylation is 2. The Labute approximate surface area is 175 Å². The zero-order valence-corrected chi connectivity index (χ0v) is 16.8. The molecule has 0 atom stereocenters. The number of hydrogen-bond donors (Lipinski definition) is 1. The number of aromatic nitrogens is 2. The number of aldehydes is 2. The molecule has 152 valence electrons. The summed E-state index contributed by atoms with van der Waals surface area (Å²) in [7, 11) is 0. The minimum atomic E-state index is -1.37. The van der Waals surface area contributed by atoms with Gasteiger partial charge in [-0.1, -0.05) is 36.4 Å². The van der Waals surface area contributed by atoms with Gasteiger partial charge in [-0.05, 0) is 55.0 Å². The fourth-order valence-electron chi connectivity index (χ4n) is 3.49. The van der Waals surface area contributed by atoms with Crippen LogP contribution in [0.1, 0.15) is 23.6 Å². The highest BCUT2D eigenvalue weighted by molar-refractivity contribution is 5.86. The first kappa shape index (κ1) is 19.9. The first-order valence-electron chi connectivity index (χ1n) is 9.97. The van der Waals surface area contributed by atoms with E-state index < -0.39 is 5.60 Å². The van der Waals surface area contributed by atoms with Crippen molar-refractivity contribution in [1.82, 2.24) is 9.97 Å². The summed E-state index contributed by atoms with van der Waals surface area (Å²) in [6.07, 6.45) is 5.51. The van der Waals surface area contributed by atoms with Crippen molar-refractivity contribution in [2.45, 2.75) is 31.8 Å². The third kappa shape index (κ3) is 4.28. The van der Waals surface area contributed by atoms with Crippen LogP contribution < -0.4 is 5.32 Å². The molecule has 1 heterocycles. The number of carbonyl (C=O) groups excluding carboxylic acids is 2. The van der Waals surface area contributed by atoms with E-state index in [2.05, 4.69) is 28.5 Å². The molecule has 0 amide bonds. The number of anilines is 2. The maximum atomic E-state index is 10.9. The van der Waals surface area contributed by atoms with Crippen LogP contribution in [0.3, 0.4) is 0 Å². The molecule has 6 nitrogen and oxygen atoms in total. The van der Waals surface area contributed by atoms with Gasteiger partial charge in [-0.25, -0.2) is 9.97 Å². The fourth-order valence-corrected chi connectivity index (χ4v) is 3.49. The normalized spacial score (nSPS) is 12.6. The van der Waals surface area contributed by atoms with Gasteiger partial charge in [-0.3, -0.25) is 9.59 Å². The number of fused-ring (bicyclic) bond motifs is 3. The van der Waals surface area contributed by atoms with Gasteiger partial charge in [0.05, 0.1) is 12.3 Å². The number of carbonyl (C=O) groups is 2. The standard InChI is InChI=1S/C24H23N3O3/c1-24(15-28,16-29)30-13-12-17-6-10-20(11-7-17)26-23-25-14-19-9-8-18-4-2-3-5-21(18)22(19)27-23/h2-7,10-11,14-16H,8-9,12-13H2,1H3,(H,25,26,27). The molecule has 0 aliphatic heterocycles. The van der Waals surface area contributed by atoms with E-state index in [-0.39, 0.29) is 6.61 Å². The van der Waals surface area contributed by atoms with E-state index in [4.69, 9.17) is 9.72 Å². The molecular formula is C24H23N3O3. The molecule has 1 aliphatic rings. The molecule has 1 aliphatic carbocycles. The number of ether oxygens (including phenoxy) is 1. The van der Waals surface area contributed by atoms with Gasteiger partial charge in [0.25, 0.3) is 0 Å². The lowest BCUT2D eigenvalue weighted by Crippen LogP contribution is -2.33. The van der Waals surface area contributed by atoms with Crippen molar-refractivity contribution >= 4 is 24.2 Å². The molecule has 0 fully saturated rings. The van der Waals surface area contributed by atoms with Crippen LogP contribution in [0.25, 0.3) is 11.3 Å². The van der Waals surface area contributed by atoms with Crippen LogP contribution in [-0.2, 0) is 33.6 Å². The second-order valence-corrected chi connectivity index (χ2v) is 7.56. The number of nitrogens with one attached hydrogen (secondary N) is 1. The highest BCUT2D eigenvalue weighted by atomic mass is 16.5. The third-order valence-electron chi connectivity index (χ3n) is 5.28. The molecule has 0 radical (unpaired) electrons. The van der Waals surface area contributed by atoms with Crippen LogP contribution in [0.2, 0.25) is 0 Å². The van der Waals surface area contributed by atoms with Crippen molar-refractivity contribution in [3.05, 3.63) is 71.4 Å². The molecule has 1 aromatic heterocycles. The van der Waals surface area contributed by atoms with Crippen molar-refractivity contribution in [2.75, 3.05) is 11.9 Å². The Kier molecular flexibility index (Phi) is 5.68. The number of rotatable bonds is 8. The van der Waals surface area contributed by atoms with Crippen LogP contribution in [0.15, 0.2) is 54.7 Å². The molecule has 0 spiro atoms. The van der Waals surface area contributed by atoms with Gasteiger partial charge in [-0.15, -0.1) is 0 Å². The van der Waals surface area contributed by atoms with Crippen LogP contribution in [0.5, 0.6) is 0 Å². The van der Waals surface area contributed by atoms with Crippen LogP contribution >= 0.6 is 0 Å². The maximum Gasteiger partial charge on any atom is 0.227 e. The lowest BCUT2D eigenvalue weighted by Gasteiger charge is -2.19. The molecule has 0 saturated carbocycles. The largest absolute Gasteiger partial charge is 0.360 e. The van der Waals surface area contributed by atoms with E-state index in [0.29, 0.717) is 24.9 Å². The molecule has 2 aromatic carbocycles. The van der Waals surface area contributed by atoms with Crippen LogP contribution in [0.4, 0.5) is 11.6 Å². The summed E-state index contributed by atoms with van der Waals surface area (Å²) >= 11 is 0. The molecule has 0 saturated heterocycles. The smallest absolute Gasteiger partial charge is 0.227 e. The summed E-state index contributed by atoms with van der Waals surface area (Å²) in [5.74, 6) is 0.564. The Bertz CT molecular complexity index is 1060. The van der Waals surface area contributed by atoms with Crippen molar-refractivity contribution in [1.29, 1.82) is 0 Å². The van der Waals surface area contributed by atoms with Gasteiger partial charge in [0.2, 0.25) is 5.95 Å². The van der Waals surface area contributed by atoms with Crippen molar-refractivity contribution < 1.29 is 14.3 Å². The van der Waals surface area contributed by atoms with E-state index in [0.717, 1.165) is 29.8 Å². The van der Waals surface area contributed by atoms with Gasteiger partial charge in [-0.2, -0.15) is 0 Å². The lowest BCUT2D eigenvalue weighted by atomic mass is 9.90. The molecule has 0 unspecified atom stereocenters. The summed E-state index contributed by atoms with van der Waals surface area (Å²) < 4.78 is 5.37. The summed E-state index contributed by atoms with van der Waals surface area (Å²) in [6, 6.07) is 16.2. The summed E-state index contributed by atoms with van der Waals surface area (Å²) in [5, 5.41) is 3.26. The average Bonchev–Trinajstić information content (AvgIpc) is 2.80. The van der Waals surface area contributed by atoms with E-state index in [1.807, 2.05) is 36.5 Å². The first-order valence-corrected chi connectivity index (χ1v) is 9.97. The number of benzene rings is 2. The molecule has 30 heavy (non-hydrogen) atoms. The monoisotopic (exact) mass is 401 g/mol. The van der Waals surface area contributed by atoms with Gasteiger partial charge >= 0.3 is 0 Å². The van der Waals surface area contributed by atoms with E-state index in [9.17, 15) is 9.59 Å².